The summed E-state index contributed by atoms with van der Waals surface area (Å²) in [7, 11) is -3.16. The summed E-state index contributed by atoms with van der Waals surface area (Å²) in [5.74, 6) is 0.135. The van der Waals surface area contributed by atoms with Gasteiger partial charge in [0.15, 0.2) is 0 Å². The maximum absolute atomic E-state index is 11.4. The fraction of sp³-hybridized carbons (Fsp3) is 0.909. The third-order valence-corrected chi connectivity index (χ3v) is 3.99. The summed E-state index contributed by atoms with van der Waals surface area (Å²) < 4.78 is 25.3. The van der Waals surface area contributed by atoms with Crippen LogP contribution in [0, 0.1) is 0 Å². The van der Waals surface area contributed by atoms with Crippen LogP contribution in [0.2, 0.25) is 0 Å². The van der Waals surface area contributed by atoms with Crippen LogP contribution in [-0.4, -0.2) is 44.6 Å². The van der Waals surface area contributed by atoms with E-state index in [1.54, 1.807) is 4.90 Å². The number of amides is 1. The molecular weight excluding hydrogens is 240 g/mol. The average molecular weight is 264 g/mol. The highest BCUT2D eigenvalue weighted by Gasteiger charge is 2.11. The van der Waals surface area contributed by atoms with Crippen LogP contribution in [0.4, 0.5) is 0 Å². The number of sulfonamides is 1. The van der Waals surface area contributed by atoms with Crippen LogP contribution in [0.1, 0.15) is 40.0 Å². The fourth-order valence-electron chi connectivity index (χ4n) is 1.45. The molecule has 0 rings (SSSR count). The van der Waals surface area contributed by atoms with Gasteiger partial charge in [0.2, 0.25) is 15.9 Å². The van der Waals surface area contributed by atoms with Gasteiger partial charge in [-0.15, -0.1) is 0 Å². The van der Waals surface area contributed by atoms with Gasteiger partial charge >= 0.3 is 0 Å². The molecule has 0 saturated carbocycles. The van der Waals surface area contributed by atoms with Crippen LogP contribution in [0.15, 0.2) is 0 Å². The van der Waals surface area contributed by atoms with Gasteiger partial charge in [0, 0.05) is 26.6 Å². The summed E-state index contributed by atoms with van der Waals surface area (Å²) in [5.41, 5.74) is 0. The van der Waals surface area contributed by atoms with Gasteiger partial charge in [-0.25, -0.2) is 13.1 Å². The number of hydrogen-bond donors (Lipinski definition) is 1. The Labute approximate surface area is 105 Å². The number of nitrogens with zero attached hydrogens (tertiary/aromatic N) is 1. The third kappa shape index (κ3) is 8.15. The van der Waals surface area contributed by atoms with Crippen molar-refractivity contribution >= 4 is 15.9 Å². The van der Waals surface area contributed by atoms with Gasteiger partial charge in [-0.1, -0.05) is 20.3 Å². The molecule has 17 heavy (non-hydrogen) atoms. The molecule has 0 aliphatic heterocycles. The van der Waals surface area contributed by atoms with Gasteiger partial charge < -0.3 is 4.90 Å². The topological polar surface area (TPSA) is 66.5 Å². The molecule has 5 nitrogen and oxygen atoms in total. The molecule has 0 saturated heterocycles. The van der Waals surface area contributed by atoms with E-state index in [-0.39, 0.29) is 11.7 Å². The highest BCUT2D eigenvalue weighted by Crippen LogP contribution is 1.96. The summed E-state index contributed by atoms with van der Waals surface area (Å²) in [6.45, 7) is 6.83. The number of hydrogen-bond acceptors (Lipinski definition) is 3. The van der Waals surface area contributed by atoms with Gasteiger partial charge in [0.1, 0.15) is 0 Å². The zero-order chi connectivity index (χ0) is 13.3. The number of unbranched alkanes of at least 4 members (excludes halogenated alkanes) is 1. The van der Waals surface area contributed by atoms with Crippen molar-refractivity contribution < 1.29 is 13.2 Å². The average Bonchev–Trinajstić information content (AvgIpc) is 2.22. The fourth-order valence-corrected chi connectivity index (χ4v) is 2.54. The lowest BCUT2D eigenvalue weighted by Gasteiger charge is -2.20. The van der Waals surface area contributed by atoms with Crippen molar-refractivity contribution in [1.29, 1.82) is 0 Å². The van der Waals surface area contributed by atoms with Gasteiger partial charge in [-0.05, 0) is 12.8 Å². The Morgan fingerprint density at radius 3 is 2.29 bits per heavy atom. The third-order valence-electron chi connectivity index (χ3n) is 2.40. The first kappa shape index (κ1) is 16.4. The lowest BCUT2D eigenvalue weighted by molar-refractivity contribution is -0.128. The standard InChI is InChI=1S/C11H24N2O3S/c1-4-6-8-13(11(3)14)9-7-12-17(15,16)10-5-2/h12H,4-10H2,1-3H3. The van der Waals surface area contributed by atoms with Crippen LogP contribution in [0.5, 0.6) is 0 Å². The Morgan fingerprint density at radius 1 is 1.18 bits per heavy atom. The molecule has 0 spiro atoms. The Balaban J connectivity index is 4.01. The Bertz CT molecular complexity index is 315. The van der Waals surface area contributed by atoms with Crippen LogP contribution in [0.3, 0.4) is 0 Å². The normalized spacial score (nSPS) is 11.5. The summed E-state index contributed by atoms with van der Waals surface area (Å²) in [4.78, 5) is 13.0. The van der Waals surface area contributed by atoms with Gasteiger partial charge in [-0.2, -0.15) is 0 Å². The van der Waals surface area contributed by atoms with E-state index in [4.69, 9.17) is 0 Å². The second-order valence-electron chi connectivity index (χ2n) is 4.07. The molecule has 0 atom stereocenters. The van der Waals surface area contributed by atoms with Crippen LogP contribution in [-0.2, 0) is 14.8 Å². The van der Waals surface area contributed by atoms with E-state index in [1.807, 2.05) is 6.92 Å². The second-order valence-corrected chi connectivity index (χ2v) is 6.00. The minimum atomic E-state index is -3.16. The molecule has 0 aromatic heterocycles. The van der Waals surface area contributed by atoms with E-state index in [0.29, 0.717) is 26.1 Å². The molecule has 0 aliphatic carbocycles. The van der Waals surface area contributed by atoms with Gasteiger partial charge in [0.25, 0.3) is 0 Å². The van der Waals surface area contributed by atoms with Crippen molar-refractivity contribution in [2.45, 2.75) is 40.0 Å². The molecular formula is C11H24N2O3S. The number of carbonyl (C=O) groups is 1. The first-order valence-electron chi connectivity index (χ1n) is 6.15. The molecule has 102 valence electrons. The molecule has 0 fully saturated rings. The first-order valence-corrected chi connectivity index (χ1v) is 7.81. The number of rotatable bonds is 9. The smallest absolute Gasteiger partial charge is 0.219 e. The lowest BCUT2D eigenvalue weighted by atomic mass is 10.3. The van der Waals surface area contributed by atoms with Crippen LogP contribution < -0.4 is 4.72 Å². The molecule has 0 heterocycles. The summed E-state index contributed by atoms with van der Waals surface area (Å²) in [6, 6.07) is 0. The van der Waals surface area contributed by atoms with E-state index in [0.717, 1.165) is 12.8 Å². The monoisotopic (exact) mass is 264 g/mol. The molecule has 0 unspecified atom stereocenters. The van der Waals surface area contributed by atoms with Crippen molar-refractivity contribution in [3.05, 3.63) is 0 Å². The van der Waals surface area contributed by atoms with Crippen LogP contribution in [0.25, 0.3) is 0 Å². The SMILES string of the molecule is CCCCN(CCNS(=O)(=O)CCC)C(C)=O. The van der Waals surface area contributed by atoms with Crippen molar-refractivity contribution in [2.24, 2.45) is 0 Å². The molecule has 0 aromatic carbocycles. The van der Waals surface area contributed by atoms with Crippen molar-refractivity contribution in [3.63, 3.8) is 0 Å². The summed E-state index contributed by atoms with van der Waals surface area (Å²) >= 11 is 0. The molecule has 0 radical (unpaired) electrons. The van der Waals surface area contributed by atoms with Crippen molar-refractivity contribution in [2.75, 3.05) is 25.4 Å². The molecule has 0 aliphatic rings. The van der Waals surface area contributed by atoms with E-state index >= 15 is 0 Å². The predicted octanol–water partition coefficient (Wildman–Crippen LogP) is 0.964. The minimum absolute atomic E-state index is 0.00635. The zero-order valence-corrected chi connectivity index (χ0v) is 11.8. The number of carbonyl (C=O) groups excluding carboxylic acids is 1. The predicted molar refractivity (Wildman–Crippen MR) is 69.2 cm³/mol. The van der Waals surface area contributed by atoms with Crippen LogP contribution >= 0.6 is 0 Å². The van der Waals surface area contributed by atoms with Gasteiger partial charge in [0.05, 0.1) is 5.75 Å². The first-order chi connectivity index (χ1) is 7.93. The van der Waals surface area contributed by atoms with E-state index < -0.39 is 10.0 Å². The molecule has 0 aromatic rings. The Kier molecular flexibility index (Phi) is 8.16. The molecule has 1 N–H and O–H groups in total. The van der Waals surface area contributed by atoms with Crippen molar-refractivity contribution in [1.82, 2.24) is 9.62 Å². The van der Waals surface area contributed by atoms with Gasteiger partial charge in [-0.3, -0.25) is 4.79 Å². The van der Waals surface area contributed by atoms with E-state index in [1.165, 1.54) is 6.92 Å². The van der Waals surface area contributed by atoms with Crippen molar-refractivity contribution in [3.8, 4) is 0 Å². The molecule has 0 bridgehead atoms. The quantitative estimate of drug-likeness (QED) is 0.674. The molecule has 6 heteroatoms. The maximum Gasteiger partial charge on any atom is 0.219 e. The Morgan fingerprint density at radius 2 is 1.82 bits per heavy atom. The minimum Gasteiger partial charge on any atom is -0.342 e. The molecule has 1 amide bonds. The lowest BCUT2D eigenvalue weighted by Crippen LogP contribution is -2.38. The summed E-state index contributed by atoms with van der Waals surface area (Å²) in [6.07, 6.45) is 2.56. The maximum atomic E-state index is 11.4. The Hall–Kier alpha value is -0.620. The largest absolute Gasteiger partial charge is 0.342 e. The zero-order valence-electron chi connectivity index (χ0n) is 11.0. The van der Waals surface area contributed by atoms with E-state index in [2.05, 4.69) is 11.6 Å². The highest BCUT2D eigenvalue weighted by molar-refractivity contribution is 7.89. The second kappa shape index (κ2) is 8.47. The summed E-state index contributed by atoms with van der Waals surface area (Å²) in [5, 5.41) is 0. The van der Waals surface area contributed by atoms with E-state index in [9.17, 15) is 13.2 Å². The highest BCUT2D eigenvalue weighted by atomic mass is 32.2. The number of nitrogens with one attached hydrogen (secondary N) is 1.